The van der Waals surface area contributed by atoms with Crippen LogP contribution in [0.1, 0.15) is 58.3 Å². The molecule has 2 aliphatic carbocycles. The number of allylic oxidation sites excluding steroid dienone is 1. The number of hydrogen-bond donors (Lipinski definition) is 1. The van der Waals surface area contributed by atoms with Gasteiger partial charge in [0.05, 0.1) is 0 Å². The van der Waals surface area contributed by atoms with E-state index >= 15 is 0 Å². The molecular formula is C14H24O2. The lowest BCUT2D eigenvalue weighted by Gasteiger charge is -2.16. The zero-order chi connectivity index (χ0) is 11.8. The summed E-state index contributed by atoms with van der Waals surface area (Å²) in [6.07, 6.45) is 14.9. The fourth-order valence-electron chi connectivity index (χ4n) is 3.00. The van der Waals surface area contributed by atoms with Gasteiger partial charge in [0.2, 0.25) is 0 Å². The van der Waals surface area contributed by atoms with Crippen molar-refractivity contribution in [1.29, 1.82) is 0 Å². The van der Waals surface area contributed by atoms with Crippen LogP contribution in [0.4, 0.5) is 0 Å². The van der Waals surface area contributed by atoms with Crippen LogP contribution in [0.25, 0.3) is 0 Å². The monoisotopic (exact) mass is 224 g/mol. The molecule has 0 aromatic rings. The van der Waals surface area contributed by atoms with E-state index in [-0.39, 0.29) is 0 Å². The molecule has 0 aliphatic heterocycles. The van der Waals surface area contributed by atoms with Gasteiger partial charge >= 0.3 is 5.97 Å². The SMILES string of the molecule is C1CCC(C2CCCC2)C1.CC=CC(=O)O. The van der Waals surface area contributed by atoms with E-state index in [2.05, 4.69) is 0 Å². The highest BCUT2D eigenvalue weighted by atomic mass is 16.4. The smallest absolute Gasteiger partial charge is 0.327 e. The maximum absolute atomic E-state index is 9.51. The molecule has 2 aliphatic rings. The van der Waals surface area contributed by atoms with Crippen LogP contribution in [0.15, 0.2) is 12.2 Å². The highest BCUT2D eigenvalue weighted by Crippen LogP contribution is 2.39. The molecule has 0 saturated heterocycles. The van der Waals surface area contributed by atoms with Crippen LogP contribution < -0.4 is 0 Å². The van der Waals surface area contributed by atoms with Crippen molar-refractivity contribution in [1.82, 2.24) is 0 Å². The van der Waals surface area contributed by atoms with Crippen LogP contribution in [-0.4, -0.2) is 11.1 Å². The molecule has 0 spiro atoms. The Balaban J connectivity index is 0.000000187. The number of aliphatic carboxylic acids is 1. The van der Waals surface area contributed by atoms with Gasteiger partial charge in [-0.2, -0.15) is 0 Å². The van der Waals surface area contributed by atoms with Crippen molar-refractivity contribution in [2.24, 2.45) is 11.8 Å². The number of carboxylic acid groups (broad SMARTS) is 1. The van der Waals surface area contributed by atoms with Gasteiger partial charge in [0.25, 0.3) is 0 Å². The van der Waals surface area contributed by atoms with Crippen LogP contribution in [0.5, 0.6) is 0 Å². The van der Waals surface area contributed by atoms with Gasteiger partial charge in [-0.1, -0.05) is 57.4 Å². The molecule has 2 saturated carbocycles. The quantitative estimate of drug-likeness (QED) is 0.719. The Morgan fingerprint density at radius 1 is 1.00 bits per heavy atom. The summed E-state index contributed by atoms with van der Waals surface area (Å²) in [5.41, 5.74) is 0. The molecular weight excluding hydrogens is 200 g/mol. The average molecular weight is 224 g/mol. The zero-order valence-corrected chi connectivity index (χ0v) is 10.3. The molecule has 0 aromatic heterocycles. The van der Waals surface area contributed by atoms with Crippen molar-refractivity contribution in [3.05, 3.63) is 12.2 Å². The predicted molar refractivity (Wildman–Crippen MR) is 66.4 cm³/mol. The first-order valence-corrected chi connectivity index (χ1v) is 6.59. The lowest BCUT2D eigenvalue weighted by molar-refractivity contribution is -0.131. The fraction of sp³-hybridized carbons (Fsp3) is 0.786. The molecule has 1 N–H and O–H groups in total. The largest absolute Gasteiger partial charge is 0.478 e. The average Bonchev–Trinajstić information content (AvgIpc) is 2.91. The molecule has 0 amide bonds. The summed E-state index contributed by atoms with van der Waals surface area (Å²) in [5.74, 6) is 1.42. The van der Waals surface area contributed by atoms with E-state index in [0.29, 0.717) is 0 Å². The second-order valence-electron chi connectivity index (χ2n) is 4.93. The van der Waals surface area contributed by atoms with Gasteiger partial charge in [0.15, 0.2) is 0 Å². The second kappa shape index (κ2) is 7.48. The van der Waals surface area contributed by atoms with E-state index in [0.717, 1.165) is 17.9 Å². The number of carboxylic acids is 1. The van der Waals surface area contributed by atoms with Gasteiger partial charge in [-0.15, -0.1) is 0 Å². The molecule has 92 valence electrons. The predicted octanol–water partition coefficient (Wildman–Crippen LogP) is 4.01. The number of hydrogen-bond acceptors (Lipinski definition) is 1. The van der Waals surface area contributed by atoms with E-state index in [1.165, 1.54) is 31.8 Å². The summed E-state index contributed by atoms with van der Waals surface area (Å²) in [6.45, 7) is 1.66. The molecule has 2 heteroatoms. The van der Waals surface area contributed by atoms with Gasteiger partial charge in [-0.3, -0.25) is 0 Å². The van der Waals surface area contributed by atoms with Crippen LogP contribution in [0, 0.1) is 11.8 Å². The van der Waals surface area contributed by atoms with Crippen LogP contribution in [-0.2, 0) is 4.79 Å². The molecule has 2 rings (SSSR count). The van der Waals surface area contributed by atoms with E-state index in [4.69, 9.17) is 5.11 Å². The lowest BCUT2D eigenvalue weighted by Crippen LogP contribution is -2.06. The van der Waals surface area contributed by atoms with Crippen molar-refractivity contribution < 1.29 is 9.90 Å². The maximum atomic E-state index is 9.51. The van der Waals surface area contributed by atoms with Gasteiger partial charge in [0, 0.05) is 6.08 Å². The first-order valence-electron chi connectivity index (χ1n) is 6.59. The lowest BCUT2D eigenvalue weighted by atomic mass is 9.90. The third-order valence-corrected chi connectivity index (χ3v) is 3.78. The van der Waals surface area contributed by atoms with Crippen LogP contribution in [0.2, 0.25) is 0 Å². The van der Waals surface area contributed by atoms with Gasteiger partial charge in [-0.05, 0) is 18.8 Å². The zero-order valence-electron chi connectivity index (χ0n) is 10.3. The highest BCUT2D eigenvalue weighted by Gasteiger charge is 2.26. The summed E-state index contributed by atoms with van der Waals surface area (Å²) in [4.78, 5) is 9.51. The summed E-state index contributed by atoms with van der Waals surface area (Å²) in [7, 11) is 0. The molecule has 0 atom stereocenters. The minimum atomic E-state index is -0.891. The van der Waals surface area contributed by atoms with E-state index in [1.807, 2.05) is 0 Å². The van der Waals surface area contributed by atoms with Gasteiger partial charge in [0.1, 0.15) is 0 Å². The Kier molecular flexibility index (Phi) is 6.20. The summed E-state index contributed by atoms with van der Waals surface area (Å²) in [6, 6.07) is 0. The minimum Gasteiger partial charge on any atom is -0.478 e. The third kappa shape index (κ3) is 4.82. The second-order valence-corrected chi connectivity index (χ2v) is 4.93. The van der Waals surface area contributed by atoms with E-state index in [1.54, 1.807) is 32.6 Å². The standard InChI is InChI=1S/C10H18.C4H6O2/c1-2-6-9(5-1)10-7-3-4-8-10;1-2-3-4(5)6/h9-10H,1-8H2;2-3H,1H3,(H,5,6). The van der Waals surface area contributed by atoms with E-state index < -0.39 is 5.97 Å². The van der Waals surface area contributed by atoms with Gasteiger partial charge in [-0.25, -0.2) is 4.79 Å². The highest BCUT2D eigenvalue weighted by molar-refractivity contribution is 5.79. The van der Waals surface area contributed by atoms with Crippen LogP contribution >= 0.6 is 0 Å². The molecule has 0 aromatic carbocycles. The molecule has 16 heavy (non-hydrogen) atoms. The Labute approximate surface area is 98.7 Å². The summed E-state index contributed by atoms with van der Waals surface area (Å²) < 4.78 is 0. The van der Waals surface area contributed by atoms with Gasteiger partial charge < -0.3 is 5.11 Å². The Morgan fingerprint density at radius 2 is 1.38 bits per heavy atom. The molecule has 0 radical (unpaired) electrons. The molecule has 2 nitrogen and oxygen atoms in total. The Hall–Kier alpha value is -0.790. The first kappa shape index (κ1) is 13.3. The van der Waals surface area contributed by atoms with E-state index in [9.17, 15) is 4.79 Å². The summed E-state index contributed by atoms with van der Waals surface area (Å²) in [5, 5.41) is 7.83. The van der Waals surface area contributed by atoms with Crippen molar-refractivity contribution in [2.75, 3.05) is 0 Å². The normalized spacial score (nSPS) is 22.3. The van der Waals surface area contributed by atoms with Crippen molar-refractivity contribution in [3.63, 3.8) is 0 Å². The molecule has 0 bridgehead atoms. The van der Waals surface area contributed by atoms with Crippen molar-refractivity contribution in [2.45, 2.75) is 58.3 Å². The summed E-state index contributed by atoms with van der Waals surface area (Å²) >= 11 is 0. The molecule has 0 heterocycles. The molecule has 2 fully saturated rings. The fourth-order valence-corrected chi connectivity index (χ4v) is 3.00. The topological polar surface area (TPSA) is 37.3 Å². The van der Waals surface area contributed by atoms with Crippen molar-refractivity contribution in [3.8, 4) is 0 Å². The van der Waals surface area contributed by atoms with Crippen molar-refractivity contribution >= 4 is 5.97 Å². The minimum absolute atomic E-state index is 0.891. The van der Waals surface area contributed by atoms with Crippen LogP contribution in [0.3, 0.4) is 0 Å². The Bertz CT molecular complexity index is 207. The maximum Gasteiger partial charge on any atom is 0.327 e. The third-order valence-electron chi connectivity index (χ3n) is 3.78. The number of carbonyl (C=O) groups is 1. The number of rotatable bonds is 2. The Morgan fingerprint density at radius 3 is 1.56 bits per heavy atom. The first-order chi connectivity index (χ1) is 7.74. The molecule has 0 unspecified atom stereocenters.